The van der Waals surface area contributed by atoms with E-state index in [1.807, 2.05) is 30.1 Å². The molecule has 15 heavy (non-hydrogen) atoms. The number of rotatable bonds is 4. The summed E-state index contributed by atoms with van der Waals surface area (Å²) in [4.78, 5) is 6.80. The van der Waals surface area contributed by atoms with Gasteiger partial charge in [-0.3, -0.25) is 4.90 Å². The van der Waals surface area contributed by atoms with Gasteiger partial charge < -0.3 is 5.32 Å². The topological polar surface area (TPSA) is 28.2 Å². The van der Waals surface area contributed by atoms with Crippen LogP contribution in [0.15, 0.2) is 29.4 Å². The first-order chi connectivity index (χ1) is 7.45. The second kappa shape index (κ2) is 6.10. The summed E-state index contributed by atoms with van der Waals surface area (Å²) in [5.74, 6) is 1.14. The molecule has 4 heteroatoms. The minimum atomic E-state index is 1.13. The van der Waals surface area contributed by atoms with Gasteiger partial charge in [-0.15, -0.1) is 11.8 Å². The van der Waals surface area contributed by atoms with Crippen LogP contribution >= 0.6 is 11.8 Å². The van der Waals surface area contributed by atoms with E-state index in [4.69, 9.17) is 0 Å². The zero-order chi connectivity index (χ0) is 10.3. The second-order valence-corrected chi connectivity index (χ2v) is 4.72. The number of piperazine rings is 1. The van der Waals surface area contributed by atoms with Gasteiger partial charge in [0.15, 0.2) is 0 Å². The van der Waals surface area contributed by atoms with E-state index in [-0.39, 0.29) is 0 Å². The van der Waals surface area contributed by atoms with Gasteiger partial charge in [-0.2, -0.15) is 0 Å². The van der Waals surface area contributed by atoms with Crippen molar-refractivity contribution in [2.24, 2.45) is 0 Å². The molecule has 82 valence electrons. The maximum atomic E-state index is 4.29. The summed E-state index contributed by atoms with van der Waals surface area (Å²) in [6.07, 6.45) is 1.85. The van der Waals surface area contributed by atoms with Crippen molar-refractivity contribution in [2.45, 2.75) is 5.03 Å². The van der Waals surface area contributed by atoms with Gasteiger partial charge in [0.05, 0.1) is 5.03 Å². The minimum Gasteiger partial charge on any atom is -0.314 e. The molecule has 1 N–H and O–H groups in total. The second-order valence-electron chi connectivity index (χ2n) is 3.61. The molecule has 1 aromatic rings. The third kappa shape index (κ3) is 3.81. The van der Waals surface area contributed by atoms with Crippen molar-refractivity contribution in [1.82, 2.24) is 15.2 Å². The van der Waals surface area contributed by atoms with Crippen LogP contribution in [0.5, 0.6) is 0 Å². The number of hydrogen-bond donors (Lipinski definition) is 1. The molecule has 0 unspecified atom stereocenters. The summed E-state index contributed by atoms with van der Waals surface area (Å²) >= 11 is 1.84. The lowest BCUT2D eigenvalue weighted by molar-refractivity contribution is 0.255. The molecule has 1 saturated heterocycles. The van der Waals surface area contributed by atoms with E-state index in [1.54, 1.807) is 0 Å². The Balaban J connectivity index is 1.66. The van der Waals surface area contributed by atoms with Crippen LogP contribution < -0.4 is 5.32 Å². The van der Waals surface area contributed by atoms with Crippen LogP contribution in [0.25, 0.3) is 0 Å². The van der Waals surface area contributed by atoms with Crippen LogP contribution in [-0.4, -0.2) is 48.4 Å². The third-order valence-corrected chi connectivity index (χ3v) is 3.43. The van der Waals surface area contributed by atoms with Crippen molar-refractivity contribution < 1.29 is 0 Å². The number of thioether (sulfide) groups is 1. The fraction of sp³-hybridized carbons (Fsp3) is 0.545. The Morgan fingerprint density at radius 1 is 1.33 bits per heavy atom. The Hall–Kier alpha value is -0.580. The van der Waals surface area contributed by atoms with Gasteiger partial charge >= 0.3 is 0 Å². The standard InChI is InChI=1S/C11H17N3S/c1-2-4-13-11(3-1)15-10-9-14-7-5-12-6-8-14/h1-4,12H,5-10H2. The van der Waals surface area contributed by atoms with E-state index < -0.39 is 0 Å². The van der Waals surface area contributed by atoms with E-state index in [2.05, 4.69) is 21.3 Å². The molecule has 0 radical (unpaired) electrons. The average molecular weight is 223 g/mol. The highest BCUT2D eigenvalue weighted by atomic mass is 32.2. The highest BCUT2D eigenvalue weighted by Gasteiger charge is 2.08. The first-order valence-electron chi connectivity index (χ1n) is 5.42. The Labute approximate surface area is 95.3 Å². The molecule has 0 aliphatic carbocycles. The predicted molar refractivity (Wildman–Crippen MR) is 64.3 cm³/mol. The quantitative estimate of drug-likeness (QED) is 0.773. The van der Waals surface area contributed by atoms with Gasteiger partial charge in [0.25, 0.3) is 0 Å². The lowest BCUT2D eigenvalue weighted by Crippen LogP contribution is -2.44. The molecule has 0 atom stereocenters. The zero-order valence-electron chi connectivity index (χ0n) is 8.85. The summed E-state index contributed by atoms with van der Waals surface area (Å²) in [6, 6.07) is 6.07. The molecule has 0 aromatic carbocycles. The molecule has 1 aromatic heterocycles. The van der Waals surface area contributed by atoms with Crippen molar-refractivity contribution in [3.63, 3.8) is 0 Å². The number of aromatic nitrogens is 1. The predicted octanol–water partition coefficient (Wildman–Crippen LogP) is 1.08. The molecule has 1 aliphatic rings. The van der Waals surface area contributed by atoms with Crippen LogP contribution in [0.2, 0.25) is 0 Å². The van der Waals surface area contributed by atoms with Crippen molar-refractivity contribution >= 4 is 11.8 Å². The molecule has 1 aliphatic heterocycles. The lowest BCUT2D eigenvalue weighted by atomic mass is 10.4. The summed E-state index contributed by atoms with van der Waals surface area (Å²) in [6.45, 7) is 5.80. The van der Waals surface area contributed by atoms with Crippen molar-refractivity contribution in [1.29, 1.82) is 0 Å². The Morgan fingerprint density at radius 2 is 2.20 bits per heavy atom. The molecule has 3 nitrogen and oxygen atoms in total. The van der Waals surface area contributed by atoms with Crippen LogP contribution in [0.1, 0.15) is 0 Å². The molecule has 0 saturated carbocycles. The molecule has 2 heterocycles. The molecule has 1 fully saturated rings. The Bertz CT molecular complexity index is 272. The maximum Gasteiger partial charge on any atom is 0.0960 e. The number of nitrogens with zero attached hydrogens (tertiary/aromatic N) is 2. The smallest absolute Gasteiger partial charge is 0.0960 e. The molecule has 0 bridgehead atoms. The molecular weight excluding hydrogens is 206 g/mol. The number of hydrogen-bond acceptors (Lipinski definition) is 4. The molecule has 0 spiro atoms. The highest BCUT2D eigenvalue weighted by molar-refractivity contribution is 7.99. The monoisotopic (exact) mass is 223 g/mol. The van der Waals surface area contributed by atoms with Crippen molar-refractivity contribution in [3.8, 4) is 0 Å². The van der Waals surface area contributed by atoms with Gasteiger partial charge in [-0.25, -0.2) is 4.98 Å². The Kier molecular flexibility index (Phi) is 4.44. The normalized spacial score (nSPS) is 17.9. The molecular formula is C11H17N3S. The van der Waals surface area contributed by atoms with Crippen molar-refractivity contribution in [2.75, 3.05) is 38.5 Å². The fourth-order valence-corrected chi connectivity index (χ4v) is 2.52. The largest absolute Gasteiger partial charge is 0.314 e. The summed E-state index contributed by atoms with van der Waals surface area (Å²) in [5, 5.41) is 4.49. The summed E-state index contributed by atoms with van der Waals surface area (Å²) in [5.41, 5.74) is 0. The SMILES string of the molecule is c1ccc(SCCN2CCNCC2)nc1. The first kappa shape index (κ1) is 10.9. The van der Waals surface area contributed by atoms with Gasteiger partial charge in [0, 0.05) is 44.7 Å². The minimum absolute atomic E-state index is 1.13. The van der Waals surface area contributed by atoms with E-state index in [9.17, 15) is 0 Å². The van der Waals surface area contributed by atoms with Crippen molar-refractivity contribution in [3.05, 3.63) is 24.4 Å². The van der Waals surface area contributed by atoms with Crippen LogP contribution in [0, 0.1) is 0 Å². The summed E-state index contributed by atoms with van der Waals surface area (Å²) in [7, 11) is 0. The fourth-order valence-electron chi connectivity index (χ4n) is 1.65. The van der Waals surface area contributed by atoms with E-state index in [0.717, 1.165) is 23.9 Å². The zero-order valence-corrected chi connectivity index (χ0v) is 9.67. The van der Waals surface area contributed by atoms with Crippen LogP contribution in [0.4, 0.5) is 0 Å². The van der Waals surface area contributed by atoms with Crippen LogP contribution in [0.3, 0.4) is 0 Å². The molecule has 2 rings (SSSR count). The number of pyridine rings is 1. The van der Waals surface area contributed by atoms with E-state index in [0.29, 0.717) is 0 Å². The third-order valence-electron chi connectivity index (χ3n) is 2.50. The highest BCUT2D eigenvalue weighted by Crippen LogP contribution is 2.13. The molecule has 0 amide bonds. The maximum absolute atomic E-state index is 4.29. The van der Waals surface area contributed by atoms with Gasteiger partial charge in [-0.1, -0.05) is 6.07 Å². The first-order valence-corrected chi connectivity index (χ1v) is 6.40. The van der Waals surface area contributed by atoms with Gasteiger partial charge in [0.2, 0.25) is 0 Å². The Morgan fingerprint density at radius 3 is 2.93 bits per heavy atom. The van der Waals surface area contributed by atoms with Gasteiger partial charge in [0.1, 0.15) is 0 Å². The lowest BCUT2D eigenvalue weighted by Gasteiger charge is -2.26. The van der Waals surface area contributed by atoms with E-state index >= 15 is 0 Å². The summed E-state index contributed by atoms with van der Waals surface area (Å²) < 4.78 is 0. The average Bonchev–Trinajstić information content (AvgIpc) is 2.32. The van der Waals surface area contributed by atoms with Crippen LogP contribution in [-0.2, 0) is 0 Å². The van der Waals surface area contributed by atoms with E-state index in [1.165, 1.54) is 19.6 Å². The van der Waals surface area contributed by atoms with Gasteiger partial charge in [-0.05, 0) is 12.1 Å². The number of nitrogens with one attached hydrogen (secondary N) is 1.